The fourth-order valence-electron chi connectivity index (χ4n) is 4.04. The molecule has 5 rings (SSSR count). The molecule has 9 heteroatoms. The Balaban J connectivity index is 1.69. The van der Waals surface area contributed by atoms with Crippen molar-refractivity contribution in [3.63, 3.8) is 0 Å². The van der Waals surface area contributed by atoms with E-state index in [0.717, 1.165) is 11.3 Å². The van der Waals surface area contributed by atoms with E-state index in [-0.39, 0.29) is 16.5 Å². The molecule has 1 amide bonds. The number of carbonyl (C=O) groups is 2. The zero-order valence-electron chi connectivity index (χ0n) is 18.4. The highest BCUT2D eigenvalue weighted by Crippen LogP contribution is 2.44. The van der Waals surface area contributed by atoms with Gasteiger partial charge < -0.3 is 9.84 Å². The standard InChI is InChI=1S/C26H18ClFN2O4S/c1-2-34-18-9-6-14(7-10-18)23(31)21-22(15-4-3-5-16(27)12-15)30(25(33)24(21)32)26-29-19-11-8-17(28)13-20(19)35-26/h3-13,22,31H,2H2,1H3. The zero-order valence-corrected chi connectivity index (χ0v) is 19.9. The first-order chi connectivity index (χ1) is 16.9. The molecule has 0 radical (unpaired) electrons. The summed E-state index contributed by atoms with van der Waals surface area (Å²) < 4.78 is 19.7. The van der Waals surface area contributed by atoms with Gasteiger partial charge in [-0.2, -0.15) is 0 Å². The van der Waals surface area contributed by atoms with Crippen molar-refractivity contribution in [1.82, 2.24) is 4.98 Å². The van der Waals surface area contributed by atoms with E-state index in [2.05, 4.69) is 4.98 Å². The fourth-order valence-corrected chi connectivity index (χ4v) is 5.26. The summed E-state index contributed by atoms with van der Waals surface area (Å²) in [6.07, 6.45) is 0. The number of ether oxygens (including phenoxy) is 1. The van der Waals surface area contributed by atoms with E-state index in [1.165, 1.54) is 23.1 Å². The van der Waals surface area contributed by atoms with Crippen LogP contribution in [-0.2, 0) is 9.59 Å². The average molecular weight is 509 g/mol. The van der Waals surface area contributed by atoms with E-state index < -0.39 is 23.5 Å². The second-order valence-electron chi connectivity index (χ2n) is 7.79. The molecule has 2 heterocycles. The molecule has 1 fully saturated rings. The molecule has 1 saturated heterocycles. The number of aliphatic hydroxyl groups is 1. The Kier molecular flexibility index (Phi) is 6.00. The minimum Gasteiger partial charge on any atom is -0.507 e. The lowest BCUT2D eigenvalue weighted by atomic mass is 9.95. The van der Waals surface area contributed by atoms with Crippen LogP contribution >= 0.6 is 22.9 Å². The quantitative estimate of drug-likeness (QED) is 0.200. The molecule has 0 spiro atoms. The van der Waals surface area contributed by atoms with Crippen molar-refractivity contribution < 1.29 is 23.8 Å². The van der Waals surface area contributed by atoms with Crippen LogP contribution in [0.4, 0.5) is 9.52 Å². The minimum absolute atomic E-state index is 0.0909. The van der Waals surface area contributed by atoms with Crippen LogP contribution in [0.15, 0.2) is 72.3 Å². The first-order valence-corrected chi connectivity index (χ1v) is 11.9. The summed E-state index contributed by atoms with van der Waals surface area (Å²) in [4.78, 5) is 32.2. The number of halogens is 2. The van der Waals surface area contributed by atoms with E-state index in [1.54, 1.807) is 48.5 Å². The van der Waals surface area contributed by atoms with E-state index in [1.807, 2.05) is 6.92 Å². The van der Waals surface area contributed by atoms with Gasteiger partial charge in [-0.25, -0.2) is 9.37 Å². The van der Waals surface area contributed by atoms with Crippen LogP contribution < -0.4 is 9.64 Å². The van der Waals surface area contributed by atoms with Crippen LogP contribution in [0.1, 0.15) is 24.1 Å². The number of thiazole rings is 1. The number of aliphatic hydroxyl groups excluding tert-OH is 1. The van der Waals surface area contributed by atoms with Crippen molar-refractivity contribution in [1.29, 1.82) is 0 Å². The van der Waals surface area contributed by atoms with Crippen LogP contribution in [0.25, 0.3) is 16.0 Å². The molecule has 1 N–H and O–H groups in total. The number of Topliss-reactive ketones (excluding diaryl/α,β-unsaturated/α-hetero) is 1. The molecule has 1 atom stereocenters. The molecule has 0 bridgehead atoms. The van der Waals surface area contributed by atoms with Crippen LogP contribution in [0.5, 0.6) is 5.75 Å². The fraction of sp³-hybridized carbons (Fsp3) is 0.115. The summed E-state index contributed by atoms with van der Waals surface area (Å²) in [7, 11) is 0. The number of hydrogen-bond donors (Lipinski definition) is 1. The Morgan fingerprint density at radius 1 is 1.14 bits per heavy atom. The first kappa shape index (κ1) is 23.0. The molecule has 0 aliphatic carbocycles. The lowest BCUT2D eigenvalue weighted by Crippen LogP contribution is -2.29. The number of fused-ring (bicyclic) bond motifs is 1. The zero-order chi connectivity index (χ0) is 24.7. The van der Waals surface area contributed by atoms with Gasteiger partial charge in [-0.15, -0.1) is 0 Å². The normalized spacial score (nSPS) is 17.3. The number of ketones is 1. The van der Waals surface area contributed by atoms with E-state index in [0.29, 0.717) is 38.7 Å². The second kappa shape index (κ2) is 9.13. The first-order valence-electron chi connectivity index (χ1n) is 10.7. The Bertz CT molecular complexity index is 1500. The van der Waals surface area contributed by atoms with Gasteiger partial charge in [0.05, 0.1) is 28.4 Å². The molecular weight excluding hydrogens is 491 g/mol. The van der Waals surface area contributed by atoms with Gasteiger partial charge in [-0.1, -0.05) is 35.1 Å². The number of hydrogen-bond acceptors (Lipinski definition) is 6. The number of nitrogens with zero attached hydrogens (tertiary/aromatic N) is 2. The highest BCUT2D eigenvalue weighted by Gasteiger charge is 2.48. The van der Waals surface area contributed by atoms with Gasteiger partial charge in [0, 0.05) is 10.6 Å². The molecule has 3 aromatic carbocycles. The highest BCUT2D eigenvalue weighted by atomic mass is 35.5. The summed E-state index contributed by atoms with van der Waals surface area (Å²) in [6, 6.07) is 16.4. The Morgan fingerprint density at radius 2 is 1.91 bits per heavy atom. The molecule has 4 aromatic rings. The highest BCUT2D eigenvalue weighted by molar-refractivity contribution is 7.22. The van der Waals surface area contributed by atoms with Gasteiger partial charge in [0.1, 0.15) is 17.3 Å². The van der Waals surface area contributed by atoms with Gasteiger partial charge in [0.25, 0.3) is 5.78 Å². The topological polar surface area (TPSA) is 79.7 Å². The van der Waals surface area contributed by atoms with Crippen LogP contribution in [0.2, 0.25) is 5.02 Å². The van der Waals surface area contributed by atoms with Gasteiger partial charge in [0.2, 0.25) is 0 Å². The van der Waals surface area contributed by atoms with Crippen molar-refractivity contribution in [2.24, 2.45) is 0 Å². The SMILES string of the molecule is CCOc1ccc(C(O)=C2C(=O)C(=O)N(c3nc4ccc(F)cc4s3)C2c2cccc(Cl)c2)cc1. The van der Waals surface area contributed by atoms with Crippen molar-refractivity contribution in [2.75, 3.05) is 11.5 Å². The van der Waals surface area contributed by atoms with E-state index in [9.17, 15) is 19.1 Å². The van der Waals surface area contributed by atoms with Gasteiger partial charge in [-0.3, -0.25) is 14.5 Å². The number of carbonyl (C=O) groups excluding carboxylic acids is 2. The number of amides is 1. The third-order valence-electron chi connectivity index (χ3n) is 5.59. The van der Waals surface area contributed by atoms with Crippen molar-refractivity contribution in [3.8, 4) is 5.75 Å². The summed E-state index contributed by atoms with van der Waals surface area (Å²) in [6.45, 7) is 2.34. The molecule has 35 heavy (non-hydrogen) atoms. The summed E-state index contributed by atoms with van der Waals surface area (Å²) in [5.74, 6) is -1.85. The average Bonchev–Trinajstić information content (AvgIpc) is 3.37. The summed E-state index contributed by atoms with van der Waals surface area (Å²) in [5.41, 5.74) is 1.27. The van der Waals surface area contributed by atoms with E-state index in [4.69, 9.17) is 16.3 Å². The molecule has 176 valence electrons. The lowest BCUT2D eigenvalue weighted by Gasteiger charge is -2.23. The molecule has 6 nitrogen and oxygen atoms in total. The largest absolute Gasteiger partial charge is 0.507 e. The predicted octanol–water partition coefficient (Wildman–Crippen LogP) is 6.11. The summed E-state index contributed by atoms with van der Waals surface area (Å²) in [5, 5.41) is 11.8. The smallest absolute Gasteiger partial charge is 0.301 e. The summed E-state index contributed by atoms with van der Waals surface area (Å²) >= 11 is 7.31. The number of anilines is 1. The lowest BCUT2D eigenvalue weighted by molar-refractivity contribution is -0.132. The molecule has 0 saturated carbocycles. The van der Waals surface area contributed by atoms with Crippen LogP contribution in [0, 0.1) is 5.82 Å². The van der Waals surface area contributed by atoms with Crippen LogP contribution in [0.3, 0.4) is 0 Å². The monoisotopic (exact) mass is 508 g/mol. The van der Waals surface area contributed by atoms with E-state index >= 15 is 0 Å². The van der Waals surface area contributed by atoms with Crippen molar-refractivity contribution in [2.45, 2.75) is 13.0 Å². The van der Waals surface area contributed by atoms with Gasteiger partial charge in [0.15, 0.2) is 5.13 Å². The second-order valence-corrected chi connectivity index (χ2v) is 9.24. The van der Waals surface area contributed by atoms with Gasteiger partial charge in [-0.05, 0) is 67.1 Å². The molecule has 1 unspecified atom stereocenters. The Morgan fingerprint density at radius 3 is 2.63 bits per heavy atom. The maximum absolute atomic E-state index is 13.8. The molecule has 1 aromatic heterocycles. The Hall–Kier alpha value is -3.75. The van der Waals surface area contributed by atoms with Crippen molar-refractivity contribution >= 4 is 55.7 Å². The maximum atomic E-state index is 13.8. The number of rotatable bonds is 5. The molecule has 1 aliphatic heterocycles. The third-order valence-corrected chi connectivity index (χ3v) is 6.85. The molecule has 1 aliphatic rings. The van der Waals surface area contributed by atoms with Gasteiger partial charge >= 0.3 is 5.91 Å². The Labute approximate surface area is 208 Å². The maximum Gasteiger partial charge on any atom is 0.301 e. The van der Waals surface area contributed by atoms with Crippen LogP contribution in [-0.4, -0.2) is 28.4 Å². The minimum atomic E-state index is -0.981. The predicted molar refractivity (Wildman–Crippen MR) is 133 cm³/mol. The number of aromatic nitrogens is 1. The number of benzene rings is 3. The van der Waals surface area contributed by atoms with Crippen molar-refractivity contribution in [3.05, 3.63) is 94.3 Å². The molecular formula is C26H18ClFN2O4S. The third kappa shape index (κ3) is 4.15.